The van der Waals surface area contributed by atoms with Crippen molar-refractivity contribution in [3.8, 4) is 0 Å². The molecule has 1 unspecified atom stereocenters. The van der Waals surface area contributed by atoms with Crippen LogP contribution < -0.4 is 0 Å². The number of carbonyl (C=O) groups is 4. The van der Waals surface area contributed by atoms with E-state index in [0.29, 0.717) is 44.2 Å². The van der Waals surface area contributed by atoms with E-state index in [4.69, 9.17) is 9.47 Å². The van der Waals surface area contributed by atoms with Gasteiger partial charge in [0, 0.05) is 32.2 Å². The first-order chi connectivity index (χ1) is 31.1. The topological polar surface area (TPSA) is 99.2 Å². The number of rotatable bonds is 42. The highest BCUT2D eigenvalue weighted by Crippen LogP contribution is 2.22. The van der Waals surface area contributed by atoms with Crippen molar-refractivity contribution in [2.45, 2.75) is 293 Å². The molecule has 1 aliphatic heterocycles. The van der Waals surface area contributed by atoms with Crippen LogP contribution >= 0.6 is 0 Å². The van der Waals surface area contributed by atoms with Crippen molar-refractivity contribution in [3.05, 3.63) is 0 Å². The molecular formula is C56H111NO7. The van der Waals surface area contributed by atoms with E-state index >= 15 is 0 Å². The number of likely N-dealkylation sites (tertiary alicyclic amines) is 1. The third-order valence-electron chi connectivity index (χ3n) is 11.5. The highest BCUT2D eigenvalue weighted by molar-refractivity contribution is 5.78. The molecule has 0 aromatic heterocycles. The Labute approximate surface area is 399 Å². The summed E-state index contributed by atoms with van der Waals surface area (Å²) in [6.45, 7) is 24.2. The Kier molecular flexibility index (Phi) is 57.4. The van der Waals surface area contributed by atoms with Crippen LogP contribution in [0.5, 0.6) is 0 Å². The number of ketones is 1. The van der Waals surface area contributed by atoms with Crippen LogP contribution in [0.2, 0.25) is 0 Å². The average Bonchev–Trinajstić information content (AvgIpc) is 3.72. The number of esters is 2. The minimum absolute atomic E-state index is 0.0127. The Morgan fingerprint density at radius 1 is 0.547 bits per heavy atom. The Morgan fingerprint density at radius 2 is 0.984 bits per heavy atom. The van der Waals surface area contributed by atoms with Crippen molar-refractivity contribution >= 4 is 24.2 Å². The van der Waals surface area contributed by atoms with Crippen LogP contribution in [0.4, 0.5) is 0 Å². The number of unbranched alkanes of at least 4 members (excludes halogenated alkanes) is 22. The van der Waals surface area contributed by atoms with Gasteiger partial charge in [-0.05, 0) is 95.6 Å². The molecule has 8 heteroatoms. The first-order valence-corrected chi connectivity index (χ1v) is 27.8. The standard InChI is InChI=1S/C26H50O4.C24H45NO3.C4H10.C2H6/c1-3-5-7-9-12-16-20-25(21-17-13-10-8-6-4-2)30-26(28)22-18-14-11-15-19-23-29-24-27;1-3-5-6-7-8-9-13-19-28-24(27)15-11-10-12-17-25-18-16-22(21-25)20-23(26)14-4-2;1-4(2)3;1-2/h24-25H,3-23H2,1-2H3;22H,3-21H2,1-2H3;4H,1-3H3;1-2H3. The van der Waals surface area contributed by atoms with Gasteiger partial charge in [0.2, 0.25) is 0 Å². The molecule has 1 atom stereocenters. The van der Waals surface area contributed by atoms with Crippen molar-refractivity contribution < 1.29 is 33.4 Å². The maximum absolute atomic E-state index is 12.3. The molecule has 0 N–H and O–H groups in total. The summed E-state index contributed by atoms with van der Waals surface area (Å²) in [4.78, 5) is 48.4. The van der Waals surface area contributed by atoms with Crippen LogP contribution in [0.25, 0.3) is 0 Å². The quantitative estimate of drug-likeness (QED) is 0.0258. The van der Waals surface area contributed by atoms with E-state index in [2.05, 4.69) is 58.1 Å². The van der Waals surface area contributed by atoms with E-state index in [1.807, 2.05) is 13.8 Å². The molecule has 0 aliphatic carbocycles. The van der Waals surface area contributed by atoms with Gasteiger partial charge in [-0.2, -0.15) is 0 Å². The van der Waals surface area contributed by atoms with Crippen molar-refractivity contribution in [1.29, 1.82) is 0 Å². The summed E-state index contributed by atoms with van der Waals surface area (Å²) in [6.07, 6.45) is 39.2. The third-order valence-corrected chi connectivity index (χ3v) is 11.5. The lowest BCUT2D eigenvalue weighted by molar-refractivity contribution is -0.150. The second kappa shape index (κ2) is 55.4. The largest absolute Gasteiger partial charge is 0.468 e. The van der Waals surface area contributed by atoms with E-state index in [1.54, 1.807) is 0 Å². The average molecular weight is 911 g/mol. The second-order valence-corrected chi connectivity index (χ2v) is 19.0. The maximum Gasteiger partial charge on any atom is 0.306 e. The predicted octanol–water partition coefficient (Wildman–Crippen LogP) is 16.5. The monoisotopic (exact) mass is 910 g/mol. The maximum atomic E-state index is 12.3. The number of carbonyl (C=O) groups excluding carboxylic acids is 4. The Bertz CT molecular complexity index is 954. The van der Waals surface area contributed by atoms with E-state index in [1.165, 1.54) is 122 Å². The van der Waals surface area contributed by atoms with Gasteiger partial charge in [0.05, 0.1) is 13.2 Å². The normalized spacial score (nSPS) is 13.3. The van der Waals surface area contributed by atoms with Crippen molar-refractivity contribution in [2.24, 2.45) is 11.8 Å². The molecular weight excluding hydrogens is 799 g/mol. The van der Waals surface area contributed by atoms with E-state index in [9.17, 15) is 19.2 Å². The number of hydrogen-bond donors (Lipinski definition) is 0. The zero-order chi connectivity index (χ0) is 48.2. The molecule has 1 rings (SSSR count). The lowest BCUT2D eigenvalue weighted by Crippen LogP contribution is -2.22. The zero-order valence-corrected chi connectivity index (χ0v) is 44.4. The van der Waals surface area contributed by atoms with Gasteiger partial charge in [-0.15, -0.1) is 0 Å². The molecule has 1 saturated heterocycles. The van der Waals surface area contributed by atoms with Gasteiger partial charge in [0.25, 0.3) is 6.47 Å². The first-order valence-electron chi connectivity index (χ1n) is 27.8. The van der Waals surface area contributed by atoms with Crippen molar-refractivity contribution in [2.75, 3.05) is 32.8 Å². The smallest absolute Gasteiger partial charge is 0.306 e. The van der Waals surface area contributed by atoms with Gasteiger partial charge < -0.3 is 19.1 Å². The van der Waals surface area contributed by atoms with E-state index < -0.39 is 0 Å². The van der Waals surface area contributed by atoms with Gasteiger partial charge in [0.1, 0.15) is 11.9 Å². The van der Waals surface area contributed by atoms with E-state index in [0.717, 1.165) is 115 Å². The summed E-state index contributed by atoms with van der Waals surface area (Å²) in [5, 5.41) is 0. The fourth-order valence-electron chi connectivity index (χ4n) is 7.93. The lowest BCUT2D eigenvalue weighted by Gasteiger charge is -2.18. The first kappa shape index (κ1) is 66.3. The summed E-state index contributed by atoms with van der Waals surface area (Å²) in [6, 6.07) is 0. The van der Waals surface area contributed by atoms with Crippen LogP contribution in [-0.4, -0.2) is 68.0 Å². The summed E-state index contributed by atoms with van der Waals surface area (Å²) in [5.74, 6) is 1.80. The molecule has 1 heterocycles. The lowest BCUT2D eigenvalue weighted by atomic mass is 10.00. The second-order valence-electron chi connectivity index (χ2n) is 19.0. The molecule has 0 bridgehead atoms. The minimum atomic E-state index is -0.0262. The summed E-state index contributed by atoms with van der Waals surface area (Å²) >= 11 is 0. The molecule has 1 fully saturated rings. The van der Waals surface area contributed by atoms with Gasteiger partial charge in [-0.1, -0.05) is 191 Å². The summed E-state index contributed by atoms with van der Waals surface area (Å²) in [7, 11) is 0. The van der Waals surface area contributed by atoms with Crippen LogP contribution in [-0.2, 0) is 33.4 Å². The number of Topliss-reactive ketones (excluding diaryl/α,β-unsaturated/α-hetero) is 1. The Morgan fingerprint density at radius 3 is 1.48 bits per heavy atom. The van der Waals surface area contributed by atoms with Gasteiger partial charge in [0.15, 0.2) is 0 Å². The van der Waals surface area contributed by atoms with Gasteiger partial charge in [-0.3, -0.25) is 19.2 Å². The van der Waals surface area contributed by atoms with Gasteiger partial charge in [-0.25, -0.2) is 0 Å². The van der Waals surface area contributed by atoms with Gasteiger partial charge >= 0.3 is 11.9 Å². The van der Waals surface area contributed by atoms with Crippen LogP contribution in [0.1, 0.15) is 287 Å². The molecule has 0 aromatic rings. The molecule has 0 radical (unpaired) electrons. The highest BCUT2D eigenvalue weighted by Gasteiger charge is 2.23. The third kappa shape index (κ3) is 54.4. The SMILES string of the molecule is CC.CC(C)C.CCCCCCCCC(CCCCCCCC)OC(=O)CCCCCCCOC=O.CCCCCCCCCOC(=O)CCCCCN1CCC(CC(=O)CCC)C1. The summed E-state index contributed by atoms with van der Waals surface area (Å²) in [5.41, 5.74) is 0. The number of hydrogen-bond acceptors (Lipinski definition) is 8. The molecule has 64 heavy (non-hydrogen) atoms. The van der Waals surface area contributed by atoms with Crippen LogP contribution in [0.3, 0.4) is 0 Å². The molecule has 1 aliphatic rings. The number of nitrogens with zero attached hydrogens (tertiary/aromatic N) is 1. The molecule has 0 spiro atoms. The predicted molar refractivity (Wildman–Crippen MR) is 274 cm³/mol. The Balaban J connectivity index is -0.00000104. The summed E-state index contributed by atoms with van der Waals surface area (Å²) < 4.78 is 15.9. The molecule has 8 nitrogen and oxygen atoms in total. The fraction of sp³-hybridized carbons (Fsp3) is 0.929. The van der Waals surface area contributed by atoms with E-state index in [-0.39, 0.29) is 18.0 Å². The highest BCUT2D eigenvalue weighted by atomic mass is 16.5. The molecule has 382 valence electrons. The Hall–Kier alpha value is -1.96. The number of ether oxygens (including phenoxy) is 3. The minimum Gasteiger partial charge on any atom is -0.468 e. The molecule has 0 saturated carbocycles. The molecule has 0 aromatic carbocycles. The van der Waals surface area contributed by atoms with Crippen LogP contribution in [0, 0.1) is 11.8 Å². The van der Waals surface area contributed by atoms with Crippen molar-refractivity contribution in [1.82, 2.24) is 4.90 Å². The fourth-order valence-corrected chi connectivity index (χ4v) is 7.93. The molecule has 0 amide bonds. The van der Waals surface area contributed by atoms with Crippen molar-refractivity contribution in [3.63, 3.8) is 0 Å². The zero-order valence-electron chi connectivity index (χ0n) is 44.4. The van der Waals surface area contributed by atoms with Crippen LogP contribution in [0.15, 0.2) is 0 Å².